The molecule has 2 aromatic rings. The predicted molar refractivity (Wildman–Crippen MR) is 133 cm³/mol. The van der Waals surface area contributed by atoms with Crippen molar-refractivity contribution < 1.29 is 9.47 Å². The number of aliphatic imine (C=N–C) groups is 1. The average Bonchev–Trinajstić information content (AvgIpc) is 3.12. The quantitative estimate of drug-likeness (QED) is 0.302. The number of nitrogens with one attached hydrogen (secondary N) is 1. The summed E-state index contributed by atoms with van der Waals surface area (Å²) in [4.78, 5) is 11.4. The molecule has 8 heteroatoms. The number of ether oxygens (including phenoxy) is 2. The van der Waals surface area contributed by atoms with E-state index in [9.17, 15) is 0 Å². The summed E-state index contributed by atoms with van der Waals surface area (Å²) in [5.74, 6) is 3.87. The van der Waals surface area contributed by atoms with Gasteiger partial charge in [0.05, 0.1) is 14.2 Å². The molecule has 1 aromatic carbocycles. The third-order valence-electron chi connectivity index (χ3n) is 4.68. The largest absolute Gasteiger partial charge is 0.493 e. The molecule has 0 aliphatic heterocycles. The van der Waals surface area contributed by atoms with Gasteiger partial charge in [0.15, 0.2) is 17.5 Å². The number of rotatable bonds is 9. The van der Waals surface area contributed by atoms with Crippen LogP contribution in [0.5, 0.6) is 11.5 Å². The topological polar surface area (TPSA) is 63.9 Å². The zero-order valence-electron chi connectivity index (χ0n) is 19.2. The van der Waals surface area contributed by atoms with Crippen molar-refractivity contribution in [2.75, 3.05) is 27.8 Å². The van der Waals surface area contributed by atoms with Gasteiger partial charge >= 0.3 is 0 Å². The third kappa shape index (κ3) is 7.07. The van der Waals surface area contributed by atoms with E-state index in [1.54, 1.807) is 14.2 Å². The molecular formula is C22H36IN5O2. The summed E-state index contributed by atoms with van der Waals surface area (Å²) in [6.45, 7) is 11.6. The van der Waals surface area contributed by atoms with Gasteiger partial charge in [0.2, 0.25) is 0 Å². The summed E-state index contributed by atoms with van der Waals surface area (Å²) in [6.07, 6.45) is 3.87. The molecule has 0 aliphatic rings. The molecule has 30 heavy (non-hydrogen) atoms. The van der Waals surface area contributed by atoms with Crippen LogP contribution in [-0.2, 0) is 19.6 Å². The Morgan fingerprint density at radius 1 is 1.23 bits per heavy atom. The van der Waals surface area contributed by atoms with Crippen LogP contribution in [0.15, 0.2) is 29.5 Å². The molecule has 2 rings (SSSR count). The maximum Gasteiger partial charge on any atom is 0.194 e. The Hall–Kier alpha value is -1.97. The van der Waals surface area contributed by atoms with Crippen LogP contribution in [0, 0.1) is 12.8 Å². The molecule has 0 spiro atoms. The molecule has 0 saturated carbocycles. The number of methoxy groups -OCH3 is 2. The van der Waals surface area contributed by atoms with E-state index in [-0.39, 0.29) is 24.0 Å². The molecule has 7 nitrogen and oxygen atoms in total. The summed E-state index contributed by atoms with van der Waals surface area (Å²) in [7, 11) is 5.35. The monoisotopic (exact) mass is 529 g/mol. The molecule has 0 aliphatic carbocycles. The second-order valence-electron chi connectivity index (χ2n) is 7.55. The highest BCUT2D eigenvalue weighted by Crippen LogP contribution is 2.30. The minimum absolute atomic E-state index is 0. The average molecular weight is 529 g/mol. The summed E-state index contributed by atoms with van der Waals surface area (Å²) in [5.41, 5.74) is 2.31. The van der Waals surface area contributed by atoms with Gasteiger partial charge in [0.1, 0.15) is 12.4 Å². The molecule has 1 aromatic heterocycles. The summed E-state index contributed by atoms with van der Waals surface area (Å²) in [5, 5.41) is 3.38. The molecule has 0 bridgehead atoms. The summed E-state index contributed by atoms with van der Waals surface area (Å²) in [6, 6.07) is 4.04. The van der Waals surface area contributed by atoms with Gasteiger partial charge in [-0.1, -0.05) is 13.8 Å². The van der Waals surface area contributed by atoms with E-state index in [2.05, 4.69) is 47.5 Å². The van der Waals surface area contributed by atoms with Gasteiger partial charge in [0.25, 0.3) is 0 Å². The Labute approximate surface area is 197 Å². The fourth-order valence-electron chi connectivity index (χ4n) is 3.19. The predicted octanol–water partition coefficient (Wildman–Crippen LogP) is 4.08. The van der Waals surface area contributed by atoms with Crippen molar-refractivity contribution in [1.82, 2.24) is 19.8 Å². The van der Waals surface area contributed by atoms with Crippen LogP contribution < -0.4 is 14.8 Å². The van der Waals surface area contributed by atoms with E-state index in [1.807, 2.05) is 31.6 Å². The van der Waals surface area contributed by atoms with Crippen LogP contribution in [-0.4, -0.2) is 48.2 Å². The molecule has 1 heterocycles. The highest BCUT2D eigenvalue weighted by molar-refractivity contribution is 14.0. The van der Waals surface area contributed by atoms with Crippen LogP contribution in [0.1, 0.15) is 37.7 Å². The van der Waals surface area contributed by atoms with Crippen molar-refractivity contribution in [2.24, 2.45) is 10.9 Å². The minimum atomic E-state index is 0. The van der Waals surface area contributed by atoms with Gasteiger partial charge in [-0.2, -0.15) is 0 Å². The lowest BCUT2D eigenvalue weighted by atomic mass is 10.1. The van der Waals surface area contributed by atoms with Gasteiger partial charge in [-0.25, -0.2) is 9.98 Å². The number of nitrogens with zero attached hydrogens (tertiary/aromatic N) is 4. The molecule has 168 valence electrons. The highest BCUT2D eigenvalue weighted by atomic mass is 127. The molecule has 0 unspecified atom stereocenters. The van der Waals surface area contributed by atoms with Crippen molar-refractivity contribution in [1.29, 1.82) is 0 Å². The van der Waals surface area contributed by atoms with Gasteiger partial charge in [-0.05, 0) is 43.0 Å². The normalized spacial score (nSPS) is 11.3. The number of guanidine groups is 1. The molecule has 1 N–H and O–H groups in total. The van der Waals surface area contributed by atoms with Crippen molar-refractivity contribution in [3.05, 3.63) is 41.5 Å². The Morgan fingerprint density at radius 2 is 1.90 bits per heavy atom. The van der Waals surface area contributed by atoms with Gasteiger partial charge in [-0.3, -0.25) is 0 Å². The maximum atomic E-state index is 5.46. The van der Waals surface area contributed by atoms with E-state index in [0.29, 0.717) is 19.0 Å². The van der Waals surface area contributed by atoms with E-state index in [1.165, 1.54) is 0 Å². The number of imidazole rings is 1. The number of hydrogen-bond acceptors (Lipinski definition) is 4. The van der Waals surface area contributed by atoms with Crippen molar-refractivity contribution >= 4 is 29.9 Å². The SMILES string of the molecule is CCNC(=NCc1nccn1CC(C)C)N(C)Cc1cc(OC)c(OC)cc1C.I. The Morgan fingerprint density at radius 3 is 2.50 bits per heavy atom. The number of aryl methyl sites for hydroxylation is 1. The van der Waals surface area contributed by atoms with Crippen LogP contribution in [0.3, 0.4) is 0 Å². The Bertz CT molecular complexity index is 820. The van der Waals surface area contributed by atoms with E-state index in [4.69, 9.17) is 14.5 Å². The molecule has 0 fully saturated rings. The van der Waals surface area contributed by atoms with Crippen LogP contribution in [0.4, 0.5) is 0 Å². The lowest BCUT2D eigenvalue weighted by Gasteiger charge is -2.23. The first-order chi connectivity index (χ1) is 13.9. The van der Waals surface area contributed by atoms with Crippen molar-refractivity contribution in [3.8, 4) is 11.5 Å². The van der Waals surface area contributed by atoms with Crippen LogP contribution >= 0.6 is 24.0 Å². The number of aromatic nitrogens is 2. The zero-order valence-corrected chi connectivity index (χ0v) is 21.6. The molecule has 0 amide bonds. The Kier molecular flexibility index (Phi) is 11.0. The number of halogens is 1. The second-order valence-corrected chi connectivity index (χ2v) is 7.55. The fraction of sp³-hybridized carbons (Fsp3) is 0.545. The van der Waals surface area contributed by atoms with E-state index < -0.39 is 0 Å². The number of hydrogen-bond donors (Lipinski definition) is 1. The van der Waals surface area contributed by atoms with Crippen LogP contribution in [0.2, 0.25) is 0 Å². The van der Waals surface area contributed by atoms with Gasteiger partial charge in [-0.15, -0.1) is 24.0 Å². The number of benzene rings is 1. The Balaban J connectivity index is 0.00000450. The van der Waals surface area contributed by atoms with Crippen LogP contribution in [0.25, 0.3) is 0 Å². The maximum absolute atomic E-state index is 5.46. The molecular weight excluding hydrogens is 493 g/mol. The molecule has 0 saturated heterocycles. The molecule has 0 radical (unpaired) electrons. The van der Waals surface area contributed by atoms with Gasteiger partial charge in [0, 0.05) is 39.1 Å². The standard InChI is InChI=1S/C22H35N5O2.HI/c1-8-23-22(25-13-21-24-9-10-27(21)14-16(2)3)26(5)15-18-12-20(29-7)19(28-6)11-17(18)4;/h9-12,16H,8,13-15H2,1-7H3,(H,23,25);1H. The fourth-order valence-corrected chi connectivity index (χ4v) is 3.19. The lowest BCUT2D eigenvalue weighted by Crippen LogP contribution is -2.38. The summed E-state index contributed by atoms with van der Waals surface area (Å²) >= 11 is 0. The minimum Gasteiger partial charge on any atom is -0.493 e. The first-order valence-electron chi connectivity index (χ1n) is 10.1. The van der Waals surface area contributed by atoms with E-state index >= 15 is 0 Å². The molecule has 0 atom stereocenters. The second kappa shape index (κ2) is 12.7. The van der Waals surface area contributed by atoms with Crippen molar-refractivity contribution in [2.45, 2.75) is 47.3 Å². The lowest BCUT2D eigenvalue weighted by molar-refractivity contribution is 0.353. The highest BCUT2D eigenvalue weighted by Gasteiger charge is 2.13. The van der Waals surface area contributed by atoms with Crippen molar-refractivity contribution in [3.63, 3.8) is 0 Å². The van der Waals surface area contributed by atoms with E-state index in [0.717, 1.165) is 47.5 Å². The first-order valence-corrected chi connectivity index (χ1v) is 10.1. The first kappa shape index (κ1) is 26.1. The van der Waals surface area contributed by atoms with Gasteiger partial charge < -0.3 is 24.3 Å². The summed E-state index contributed by atoms with van der Waals surface area (Å²) < 4.78 is 13.0. The zero-order chi connectivity index (χ0) is 21.4. The third-order valence-corrected chi connectivity index (χ3v) is 4.68. The smallest absolute Gasteiger partial charge is 0.194 e.